The molecule has 4 atom stereocenters. The van der Waals surface area contributed by atoms with Gasteiger partial charge in [-0.05, 0) is 42.2 Å². The second-order valence-electron chi connectivity index (χ2n) is 5.25. The van der Waals surface area contributed by atoms with E-state index in [1.54, 1.807) is 17.6 Å². The van der Waals surface area contributed by atoms with E-state index in [0.717, 1.165) is 18.4 Å². The Bertz CT molecular complexity index is 476. The van der Waals surface area contributed by atoms with E-state index in [0.29, 0.717) is 5.75 Å². The van der Waals surface area contributed by atoms with Crippen molar-refractivity contribution in [3.05, 3.63) is 22.4 Å². The number of rotatable bonds is 6. The molecule has 0 saturated carbocycles. The molecule has 1 aliphatic rings. The highest BCUT2D eigenvalue weighted by molar-refractivity contribution is 7.84. The number of hydrogen-bond acceptors (Lipinski definition) is 4. The van der Waals surface area contributed by atoms with E-state index >= 15 is 0 Å². The van der Waals surface area contributed by atoms with Crippen LogP contribution in [0.15, 0.2) is 16.8 Å². The van der Waals surface area contributed by atoms with E-state index in [1.807, 2.05) is 24.1 Å². The van der Waals surface area contributed by atoms with E-state index in [2.05, 4.69) is 16.8 Å². The van der Waals surface area contributed by atoms with Crippen molar-refractivity contribution in [2.75, 3.05) is 12.0 Å². The van der Waals surface area contributed by atoms with Crippen LogP contribution < -0.4 is 5.32 Å². The second-order valence-corrected chi connectivity index (χ2v) is 7.58. The predicted molar refractivity (Wildman–Crippen MR) is 84.1 cm³/mol. The highest BCUT2D eigenvalue weighted by Crippen LogP contribution is 2.30. The first-order valence-corrected chi connectivity index (χ1v) is 9.62. The van der Waals surface area contributed by atoms with Gasteiger partial charge in [0.2, 0.25) is 5.91 Å². The Morgan fingerprint density at radius 3 is 2.85 bits per heavy atom. The summed E-state index contributed by atoms with van der Waals surface area (Å²) in [6, 6.07) is 2.06. The molecule has 0 aliphatic carbocycles. The molecular weight excluding hydrogens is 292 g/mol. The van der Waals surface area contributed by atoms with Crippen molar-refractivity contribution in [1.29, 1.82) is 0 Å². The van der Waals surface area contributed by atoms with Gasteiger partial charge in [0.25, 0.3) is 0 Å². The van der Waals surface area contributed by atoms with Gasteiger partial charge in [0.15, 0.2) is 0 Å². The lowest BCUT2D eigenvalue weighted by Crippen LogP contribution is -2.39. The first-order valence-electron chi connectivity index (χ1n) is 6.95. The summed E-state index contributed by atoms with van der Waals surface area (Å²) in [5.41, 5.74) is 1.14. The van der Waals surface area contributed by atoms with E-state index in [-0.39, 0.29) is 24.2 Å². The number of hydrogen-bond donors (Lipinski definition) is 1. The third-order valence-electron chi connectivity index (χ3n) is 3.75. The molecule has 6 heteroatoms. The molecule has 0 radical (unpaired) electrons. The van der Waals surface area contributed by atoms with Crippen LogP contribution in [0.2, 0.25) is 0 Å². The average molecular weight is 314 g/mol. The predicted octanol–water partition coefficient (Wildman–Crippen LogP) is 2.11. The first kappa shape index (κ1) is 15.7. The molecule has 4 unspecified atom stereocenters. The molecule has 20 heavy (non-hydrogen) atoms. The van der Waals surface area contributed by atoms with Gasteiger partial charge >= 0.3 is 0 Å². The highest BCUT2D eigenvalue weighted by Gasteiger charge is 2.40. The summed E-state index contributed by atoms with van der Waals surface area (Å²) in [5, 5.41) is 7.54. The van der Waals surface area contributed by atoms with Crippen molar-refractivity contribution in [2.45, 2.75) is 44.9 Å². The Morgan fingerprint density at radius 1 is 1.55 bits per heavy atom. The minimum absolute atomic E-state index is 0.0426. The van der Waals surface area contributed by atoms with E-state index in [4.69, 9.17) is 0 Å². The lowest BCUT2D eigenvalue weighted by Gasteiger charge is -2.30. The molecule has 0 aromatic carbocycles. The average Bonchev–Trinajstić information content (AvgIpc) is 3.03. The fourth-order valence-electron chi connectivity index (χ4n) is 2.58. The molecule has 1 saturated heterocycles. The minimum atomic E-state index is -0.812. The molecule has 1 aliphatic heterocycles. The Labute approximate surface area is 127 Å². The monoisotopic (exact) mass is 314 g/mol. The van der Waals surface area contributed by atoms with Crippen molar-refractivity contribution in [3.63, 3.8) is 0 Å². The summed E-state index contributed by atoms with van der Waals surface area (Å²) in [6.07, 6.45) is 3.23. The largest absolute Gasteiger partial charge is 0.319 e. The van der Waals surface area contributed by atoms with Crippen molar-refractivity contribution in [3.8, 4) is 0 Å². The summed E-state index contributed by atoms with van der Waals surface area (Å²) in [5.74, 6) is 0.802. The molecule has 1 aromatic heterocycles. The number of carbonyl (C=O) groups excluding carboxylic acids is 1. The summed E-state index contributed by atoms with van der Waals surface area (Å²) in [4.78, 5) is 14.5. The van der Waals surface area contributed by atoms with Crippen LogP contribution in [0.1, 0.15) is 38.4 Å². The number of nitrogens with one attached hydrogen (secondary N) is 1. The van der Waals surface area contributed by atoms with Crippen LogP contribution in [-0.2, 0) is 15.6 Å². The van der Waals surface area contributed by atoms with Crippen LogP contribution in [0.25, 0.3) is 0 Å². The van der Waals surface area contributed by atoms with Crippen molar-refractivity contribution >= 4 is 28.0 Å². The van der Waals surface area contributed by atoms with Gasteiger partial charge in [0.1, 0.15) is 6.17 Å². The fraction of sp³-hybridized carbons (Fsp3) is 0.643. The molecule has 1 N–H and O–H groups in total. The van der Waals surface area contributed by atoms with Crippen LogP contribution >= 0.6 is 11.3 Å². The third-order valence-corrected chi connectivity index (χ3v) is 5.27. The molecule has 2 rings (SSSR count). The van der Waals surface area contributed by atoms with Crippen molar-refractivity contribution < 1.29 is 9.00 Å². The van der Waals surface area contributed by atoms with Gasteiger partial charge in [-0.3, -0.25) is 14.3 Å². The Hall–Kier alpha value is -0.720. The van der Waals surface area contributed by atoms with Gasteiger partial charge in [-0.15, -0.1) is 0 Å². The maximum absolute atomic E-state index is 12.5. The highest BCUT2D eigenvalue weighted by atomic mass is 32.2. The van der Waals surface area contributed by atoms with E-state index in [1.165, 1.54) is 0 Å². The maximum atomic E-state index is 12.5. The zero-order valence-corrected chi connectivity index (χ0v) is 13.8. The van der Waals surface area contributed by atoms with Crippen LogP contribution in [0.4, 0.5) is 0 Å². The number of thiophene rings is 1. The summed E-state index contributed by atoms with van der Waals surface area (Å²) >= 11 is 1.64. The van der Waals surface area contributed by atoms with Crippen LogP contribution in [0, 0.1) is 0 Å². The molecule has 1 amide bonds. The zero-order valence-electron chi connectivity index (χ0n) is 12.2. The lowest BCUT2D eigenvalue weighted by molar-refractivity contribution is -0.132. The molecule has 0 bridgehead atoms. The molecule has 1 aromatic rings. The van der Waals surface area contributed by atoms with E-state index in [9.17, 15) is 9.00 Å². The Morgan fingerprint density at radius 2 is 2.30 bits per heavy atom. The van der Waals surface area contributed by atoms with Gasteiger partial charge in [0, 0.05) is 28.9 Å². The Balaban J connectivity index is 2.16. The van der Waals surface area contributed by atoms with Gasteiger partial charge < -0.3 is 4.90 Å². The quantitative estimate of drug-likeness (QED) is 0.875. The molecule has 4 nitrogen and oxygen atoms in total. The van der Waals surface area contributed by atoms with E-state index < -0.39 is 10.8 Å². The number of nitrogens with zero attached hydrogens (tertiary/aromatic N) is 1. The molecule has 0 spiro atoms. The third kappa shape index (κ3) is 3.30. The zero-order chi connectivity index (χ0) is 14.7. The minimum Gasteiger partial charge on any atom is -0.319 e. The van der Waals surface area contributed by atoms with Gasteiger partial charge in [-0.2, -0.15) is 11.3 Å². The van der Waals surface area contributed by atoms with Gasteiger partial charge in [-0.1, -0.05) is 6.92 Å². The standard InChI is InChI=1S/C14H22N2O2S2/c1-4-12-14(17)16(10(2)6-8-20(3)18)13(15-12)11-5-7-19-9-11/h5,7,9-10,12-13,15H,4,6,8H2,1-3H3. The van der Waals surface area contributed by atoms with Crippen LogP contribution in [0.5, 0.6) is 0 Å². The van der Waals surface area contributed by atoms with Gasteiger partial charge in [0.05, 0.1) is 6.04 Å². The fourth-order valence-corrected chi connectivity index (χ4v) is 3.93. The molecular formula is C14H22N2O2S2. The summed E-state index contributed by atoms with van der Waals surface area (Å²) in [7, 11) is -0.812. The normalized spacial score (nSPS) is 25.9. The second kappa shape index (κ2) is 6.83. The summed E-state index contributed by atoms with van der Waals surface area (Å²) in [6.45, 7) is 4.07. The number of carbonyl (C=O) groups is 1. The topological polar surface area (TPSA) is 49.4 Å². The van der Waals surface area contributed by atoms with Crippen LogP contribution in [-0.4, -0.2) is 39.1 Å². The van der Waals surface area contributed by atoms with Gasteiger partial charge in [-0.25, -0.2) is 0 Å². The molecule has 2 heterocycles. The molecule has 1 fully saturated rings. The smallest absolute Gasteiger partial charge is 0.241 e. The lowest BCUT2D eigenvalue weighted by atomic mass is 10.1. The van der Waals surface area contributed by atoms with Crippen LogP contribution in [0.3, 0.4) is 0 Å². The number of amides is 1. The van der Waals surface area contributed by atoms with Crippen molar-refractivity contribution in [1.82, 2.24) is 10.2 Å². The first-order chi connectivity index (χ1) is 9.54. The van der Waals surface area contributed by atoms with Crippen molar-refractivity contribution in [2.24, 2.45) is 0 Å². The SMILES string of the molecule is CCC1NC(c2ccsc2)N(C(C)CCS(C)=O)C1=O. The maximum Gasteiger partial charge on any atom is 0.241 e. The summed E-state index contributed by atoms with van der Waals surface area (Å²) < 4.78 is 11.3. The molecule has 112 valence electrons. The Kier molecular flexibility index (Phi) is 5.35.